The molecule has 1 aromatic rings. The molecule has 7 heteroatoms. The van der Waals surface area contributed by atoms with Crippen LogP contribution in [0.2, 0.25) is 0 Å². The van der Waals surface area contributed by atoms with Crippen LogP contribution in [-0.2, 0) is 9.84 Å². The Morgan fingerprint density at radius 1 is 1.31 bits per heavy atom. The Kier molecular flexibility index (Phi) is 3.86. The molecular weight excluding hydrogens is 232 g/mol. The number of sulfone groups is 1. The second kappa shape index (κ2) is 4.95. The van der Waals surface area contributed by atoms with E-state index in [4.69, 9.17) is 16.0 Å². The second-order valence-corrected chi connectivity index (χ2v) is 5.16. The number of nitrogens with two attached hydrogens (primary N) is 1. The van der Waals surface area contributed by atoms with Crippen LogP contribution >= 0.6 is 0 Å². The van der Waals surface area contributed by atoms with Crippen molar-refractivity contribution >= 4 is 15.7 Å². The van der Waals surface area contributed by atoms with Gasteiger partial charge in [0.25, 0.3) is 0 Å². The molecule has 0 spiro atoms. The summed E-state index contributed by atoms with van der Waals surface area (Å²) in [5.41, 5.74) is 5.74. The SMILES string of the molecule is N/C(=N/O)c1ccc(S(=O)(=O)CCO)cc1. The first-order valence-electron chi connectivity index (χ1n) is 4.43. The smallest absolute Gasteiger partial charge is 0.180 e. The number of oxime groups is 1. The number of benzene rings is 1. The summed E-state index contributed by atoms with van der Waals surface area (Å²) in [6.45, 7) is -0.426. The van der Waals surface area contributed by atoms with E-state index >= 15 is 0 Å². The van der Waals surface area contributed by atoms with Crippen molar-refractivity contribution < 1.29 is 18.7 Å². The first-order valence-corrected chi connectivity index (χ1v) is 6.08. The Labute approximate surface area is 92.9 Å². The fourth-order valence-corrected chi connectivity index (χ4v) is 2.16. The van der Waals surface area contributed by atoms with Crippen molar-refractivity contribution in [2.45, 2.75) is 4.90 Å². The summed E-state index contributed by atoms with van der Waals surface area (Å²) in [6, 6.07) is 5.55. The van der Waals surface area contributed by atoms with Gasteiger partial charge in [0, 0.05) is 5.56 Å². The summed E-state index contributed by atoms with van der Waals surface area (Å²) < 4.78 is 23.0. The third-order valence-electron chi connectivity index (χ3n) is 1.98. The van der Waals surface area contributed by atoms with E-state index in [1.165, 1.54) is 24.3 Å². The van der Waals surface area contributed by atoms with Crippen molar-refractivity contribution in [1.82, 2.24) is 0 Å². The van der Waals surface area contributed by atoms with Crippen LogP contribution in [-0.4, -0.2) is 36.9 Å². The maximum Gasteiger partial charge on any atom is 0.180 e. The Morgan fingerprint density at radius 3 is 2.31 bits per heavy atom. The van der Waals surface area contributed by atoms with Crippen LogP contribution in [0.25, 0.3) is 0 Å². The highest BCUT2D eigenvalue weighted by Crippen LogP contribution is 2.12. The number of aliphatic hydroxyl groups excluding tert-OH is 1. The van der Waals surface area contributed by atoms with Crippen molar-refractivity contribution in [3.8, 4) is 0 Å². The number of hydrogen-bond acceptors (Lipinski definition) is 5. The molecule has 0 aliphatic heterocycles. The highest BCUT2D eigenvalue weighted by atomic mass is 32.2. The van der Waals surface area contributed by atoms with E-state index in [0.29, 0.717) is 5.56 Å². The van der Waals surface area contributed by atoms with Gasteiger partial charge in [-0.15, -0.1) is 0 Å². The lowest BCUT2D eigenvalue weighted by Gasteiger charge is -2.03. The second-order valence-electron chi connectivity index (χ2n) is 3.05. The Bertz CT molecular complexity index is 479. The Morgan fingerprint density at radius 2 is 1.88 bits per heavy atom. The maximum absolute atomic E-state index is 11.5. The van der Waals surface area contributed by atoms with Crippen molar-refractivity contribution in [3.05, 3.63) is 29.8 Å². The van der Waals surface area contributed by atoms with Crippen LogP contribution in [0.3, 0.4) is 0 Å². The van der Waals surface area contributed by atoms with Crippen molar-refractivity contribution in [2.75, 3.05) is 12.4 Å². The molecule has 1 rings (SSSR count). The molecule has 0 aromatic heterocycles. The van der Waals surface area contributed by atoms with Crippen molar-refractivity contribution in [3.63, 3.8) is 0 Å². The summed E-state index contributed by atoms with van der Waals surface area (Å²) in [5.74, 6) is -0.415. The third kappa shape index (κ3) is 2.71. The van der Waals surface area contributed by atoms with Crippen molar-refractivity contribution in [1.29, 1.82) is 0 Å². The molecule has 0 atom stereocenters. The summed E-state index contributed by atoms with van der Waals surface area (Å²) in [5, 5.41) is 19.8. The summed E-state index contributed by atoms with van der Waals surface area (Å²) in [6.07, 6.45) is 0. The van der Waals surface area contributed by atoms with Gasteiger partial charge in [-0.25, -0.2) is 8.42 Å². The van der Waals surface area contributed by atoms with Gasteiger partial charge in [-0.05, 0) is 24.3 Å². The predicted molar refractivity (Wildman–Crippen MR) is 58.1 cm³/mol. The minimum atomic E-state index is -3.45. The first-order chi connectivity index (χ1) is 7.51. The first kappa shape index (κ1) is 12.5. The molecule has 0 radical (unpaired) electrons. The standard InChI is InChI=1S/C9H12N2O4S/c10-9(11-13)7-1-3-8(4-2-7)16(14,15)6-5-12/h1-4,12-13H,5-6H2,(H2,10,11). The van der Waals surface area contributed by atoms with Crippen molar-refractivity contribution in [2.24, 2.45) is 10.9 Å². The van der Waals surface area contributed by atoms with E-state index in [-0.39, 0.29) is 16.5 Å². The lowest BCUT2D eigenvalue weighted by atomic mass is 10.2. The summed E-state index contributed by atoms with van der Waals surface area (Å²) in [4.78, 5) is 0.0936. The van der Waals surface area contributed by atoms with Crippen LogP contribution in [0, 0.1) is 0 Å². The highest BCUT2D eigenvalue weighted by molar-refractivity contribution is 7.91. The van der Waals surface area contributed by atoms with Gasteiger partial charge in [-0.1, -0.05) is 5.16 Å². The Hall–Kier alpha value is -1.60. The minimum Gasteiger partial charge on any atom is -0.409 e. The lowest BCUT2D eigenvalue weighted by molar-refractivity contribution is 0.318. The van der Waals surface area contributed by atoms with Gasteiger partial charge in [0.15, 0.2) is 15.7 Å². The van der Waals surface area contributed by atoms with Crippen LogP contribution in [0.15, 0.2) is 34.3 Å². The molecule has 0 aliphatic rings. The molecular formula is C9H12N2O4S. The van der Waals surface area contributed by atoms with Gasteiger partial charge in [0.1, 0.15) is 0 Å². The van der Waals surface area contributed by atoms with Gasteiger partial charge in [0.05, 0.1) is 17.3 Å². The van der Waals surface area contributed by atoms with Crippen LogP contribution in [0.1, 0.15) is 5.56 Å². The van der Waals surface area contributed by atoms with E-state index < -0.39 is 16.4 Å². The van der Waals surface area contributed by atoms with Gasteiger partial charge in [-0.3, -0.25) is 0 Å². The van der Waals surface area contributed by atoms with E-state index in [1.807, 2.05) is 0 Å². The molecule has 0 unspecified atom stereocenters. The van der Waals surface area contributed by atoms with Gasteiger partial charge in [0.2, 0.25) is 0 Å². The summed E-state index contributed by atoms with van der Waals surface area (Å²) in [7, 11) is -3.45. The number of amidine groups is 1. The fraction of sp³-hybridized carbons (Fsp3) is 0.222. The summed E-state index contributed by atoms with van der Waals surface area (Å²) >= 11 is 0. The molecule has 1 aromatic carbocycles. The zero-order valence-corrected chi connectivity index (χ0v) is 9.18. The normalized spacial score (nSPS) is 12.7. The highest BCUT2D eigenvalue weighted by Gasteiger charge is 2.13. The maximum atomic E-state index is 11.5. The van der Waals surface area contributed by atoms with Crippen LogP contribution in [0.5, 0.6) is 0 Å². The van der Waals surface area contributed by atoms with E-state index in [1.54, 1.807) is 0 Å². The molecule has 0 heterocycles. The number of nitrogens with zero attached hydrogens (tertiary/aromatic N) is 1. The molecule has 0 bridgehead atoms. The number of rotatable bonds is 4. The van der Waals surface area contributed by atoms with Crippen LogP contribution < -0.4 is 5.73 Å². The quantitative estimate of drug-likeness (QED) is 0.287. The zero-order valence-electron chi connectivity index (χ0n) is 8.37. The molecule has 0 saturated carbocycles. The largest absolute Gasteiger partial charge is 0.409 e. The molecule has 16 heavy (non-hydrogen) atoms. The van der Waals surface area contributed by atoms with Gasteiger partial charge >= 0.3 is 0 Å². The number of aliphatic hydroxyl groups is 1. The number of hydrogen-bond donors (Lipinski definition) is 3. The zero-order chi connectivity index (χ0) is 12.2. The lowest BCUT2D eigenvalue weighted by Crippen LogP contribution is -2.14. The molecule has 4 N–H and O–H groups in total. The van der Waals surface area contributed by atoms with E-state index in [9.17, 15) is 8.42 Å². The molecule has 0 fully saturated rings. The predicted octanol–water partition coefficient (Wildman–Crippen LogP) is -0.453. The molecule has 0 aliphatic carbocycles. The Balaban J connectivity index is 3.04. The molecule has 6 nitrogen and oxygen atoms in total. The topological polar surface area (TPSA) is 113 Å². The van der Waals surface area contributed by atoms with Gasteiger partial charge in [-0.2, -0.15) is 0 Å². The average molecular weight is 244 g/mol. The van der Waals surface area contributed by atoms with E-state index in [2.05, 4.69) is 5.16 Å². The molecule has 88 valence electrons. The van der Waals surface area contributed by atoms with Gasteiger partial charge < -0.3 is 16.0 Å². The fourth-order valence-electron chi connectivity index (χ4n) is 1.13. The molecule has 0 saturated heterocycles. The monoisotopic (exact) mass is 244 g/mol. The third-order valence-corrected chi connectivity index (χ3v) is 3.69. The molecule has 0 amide bonds. The average Bonchev–Trinajstić information content (AvgIpc) is 2.28. The minimum absolute atomic E-state index is 0.0916. The van der Waals surface area contributed by atoms with E-state index in [0.717, 1.165) is 0 Å². The van der Waals surface area contributed by atoms with Crippen LogP contribution in [0.4, 0.5) is 0 Å².